The molecule has 1 aromatic carbocycles. The second-order valence-electron chi connectivity index (χ2n) is 4.60. The van der Waals surface area contributed by atoms with Gasteiger partial charge in [-0.25, -0.2) is 0 Å². The van der Waals surface area contributed by atoms with Crippen LogP contribution in [0.15, 0.2) is 30.3 Å². The Hall–Kier alpha value is -0.563. The van der Waals surface area contributed by atoms with E-state index in [0.29, 0.717) is 0 Å². The zero-order chi connectivity index (χ0) is 9.80. The van der Waals surface area contributed by atoms with E-state index in [4.69, 9.17) is 0 Å². The number of hydrogen-bond donors (Lipinski definition) is 0. The van der Waals surface area contributed by atoms with Gasteiger partial charge in [-0.1, -0.05) is 68.6 Å². The maximum atomic E-state index is 2.46. The average Bonchev–Trinajstić information content (AvgIpc) is 2.30. The Morgan fingerprint density at radius 2 is 1.64 bits per heavy atom. The molecule has 14 heavy (non-hydrogen) atoms. The van der Waals surface area contributed by atoms with Crippen LogP contribution in [0.3, 0.4) is 0 Å². The van der Waals surface area contributed by atoms with Crippen molar-refractivity contribution < 1.29 is 0 Å². The molecule has 0 bridgehead atoms. The predicted molar refractivity (Wildman–Crippen MR) is 65.5 cm³/mol. The molecule has 0 nitrogen and oxygen atoms in total. The highest BCUT2D eigenvalue weighted by Crippen LogP contribution is 2.29. The van der Waals surface area contributed by atoms with Crippen LogP contribution in [0, 0.1) is 0 Å². The third kappa shape index (κ3) is 2.27. The minimum atomic E-state index is -0.447. The van der Waals surface area contributed by atoms with Crippen molar-refractivity contribution in [2.75, 3.05) is 0 Å². The molecule has 2 rings (SSSR count). The molecule has 0 radical (unpaired) electrons. The molecule has 1 saturated heterocycles. The van der Waals surface area contributed by atoms with Crippen molar-refractivity contribution in [3.63, 3.8) is 0 Å². The van der Waals surface area contributed by atoms with Crippen molar-refractivity contribution in [3.8, 4) is 0 Å². The summed E-state index contributed by atoms with van der Waals surface area (Å²) in [4.78, 5) is 0. The molecule has 1 aromatic rings. The Morgan fingerprint density at radius 3 is 2.29 bits per heavy atom. The van der Waals surface area contributed by atoms with Crippen LogP contribution < -0.4 is 0 Å². The van der Waals surface area contributed by atoms with Gasteiger partial charge in [0.15, 0.2) is 0 Å². The Bertz CT molecular complexity index is 262. The molecule has 0 N–H and O–H groups in total. The molecule has 0 saturated carbocycles. The van der Waals surface area contributed by atoms with E-state index in [2.05, 4.69) is 37.3 Å². The van der Waals surface area contributed by atoms with Crippen LogP contribution in [0.4, 0.5) is 0 Å². The zero-order valence-corrected chi connectivity index (χ0v) is 10.2. The van der Waals surface area contributed by atoms with Crippen LogP contribution in [0.2, 0.25) is 12.1 Å². The van der Waals surface area contributed by atoms with Crippen LogP contribution in [-0.2, 0) is 0 Å². The van der Waals surface area contributed by atoms with E-state index in [1.54, 1.807) is 17.7 Å². The van der Waals surface area contributed by atoms with Crippen molar-refractivity contribution in [3.05, 3.63) is 35.9 Å². The summed E-state index contributed by atoms with van der Waals surface area (Å²) in [6, 6.07) is 14.3. The molecule has 1 heterocycles. The maximum Gasteiger partial charge on any atom is 0.0445 e. The third-order valence-electron chi connectivity index (χ3n) is 3.68. The maximum absolute atomic E-state index is 2.46. The van der Waals surface area contributed by atoms with Crippen LogP contribution in [-0.4, -0.2) is 8.80 Å². The summed E-state index contributed by atoms with van der Waals surface area (Å²) in [6.07, 6.45) is 4.51. The number of rotatable bonds is 2. The lowest BCUT2D eigenvalue weighted by Crippen LogP contribution is -2.23. The standard InChI is InChI=1S/C13H20Si/c1-12(13-8-4-2-5-9-13)14-10-6-3-7-11-14/h2,4-5,8-9,12,14H,3,6-7,10-11H2,1H3. The molecule has 1 unspecified atom stereocenters. The first-order valence-corrected chi connectivity index (χ1v) is 8.23. The summed E-state index contributed by atoms with van der Waals surface area (Å²) in [5, 5.41) is 0. The SMILES string of the molecule is CC(c1ccccc1)[SiH]1CCCCC1. The van der Waals surface area contributed by atoms with E-state index >= 15 is 0 Å². The smallest absolute Gasteiger partial charge is 0.0445 e. The van der Waals surface area contributed by atoms with Crippen molar-refractivity contribution in [2.45, 2.75) is 43.8 Å². The molecular formula is C13H20Si. The van der Waals surface area contributed by atoms with Gasteiger partial charge < -0.3 is 0 Å². The Labute approximate surface area is 89.0 Å². The minimum absolute atomic E-state index is 0.447. The second kappa shape index (κ2) is 4.79. The van der Waals surface area contributed by atoms with E-state index in [1.807, 2.05) is 0 Å². The van der Waals surface area contributed by atoms with Crippen molar-refractivity contribution in [1.82, 2.24) is 0 Å². The van der Waals surface area contributed by atoms with Gasteiger partial charge in [-0.05, 0) is 11.1 Å². The van der Waals surface area contributed by atoms with E-state index < -0.39 is 8.80 Å². The van der Waals surface area contributed by atoms with Crippen molar-refractivity contribution in [1.29, 1.82) is 0 Å². The lowest BCUT2D eigenvalue weighted by Gasteiger charge is -2.26. The number of hydrogen-bond acceptors (Lipinski definition) is 0. The van der Waals surface area contributed by atoms with Gasteiger partial charge in [0.1, 0.15) is 0 Å². The fraction of sp³-hybridized carbons (Fsp3) is 0.538. The molecule has 0 aromatic heterocycles. The summed E-state index contributed by atoms with van der Waals surface area (Å²) in [5.41, 5.74) is 2.49. The third-order valence-corrected chi connectivity index (χ3v) is 7.78. The van der Waals surface area contributed by atoms with Crippen molar-refractivity contribution >= 4 is 8.80 Å². The monoisotopic (exact) mass is 204 g/mol. The molecule has 1 aliphatic rings. The van der Waals surface area contributed by atoms with E-state index in [-0.39, 0.29) is 0 Å². The Kier molecular flexibility index (Phi) is 3.41. The lowest BCUT2D eigenvalue weighted by molar-refractivity contribution is 0.709. The highest BCUT2D eigenvalue weighted by atomic mass is 28.3. The first-order valence-electron chi connectivity index (χ1n) is 5.93. The fourth-order valence-electron chi connectivity index (χ4n) is 2.66. The molecule has 76 valence electrons. The summed E-state index contributed by atoms with van der Waals surface area (Å²) in [6.45, 7) is 2.46. The summed E-state index contributed by atoms with van der Waals surface area (Å²) < 4.78 is 0. The summed E-state index contributed by atoms with van der Waals surface area (Å²) in [7, 11) is -0.447. The quantitative estimate of drug-likeness (QED) is 0.644. The summed E-state index contributed by atoms with van der Waals surface area (Å²) in [5.74, 6) is 0. The molecule has 1 heteroatoms. The number of benzene rings is 1. The van der Waals surface area contributed by atoms with Gasteiger partial charge in [-0.15, -0.1) is 0 Å². The van der Waals surface area contributed by atoms with Gasteiger partial charge in [-0.2, -0.15) is 0 Å². The highest BCUT2D eigenvalue weighted by molar-refractivity contribution is 6.60. The molecular weight excluding hydrogens is 184 g/mol. The predicted octanol–water partition coefficient (Wildman–Crippen LogP) is 3.74. The zero-order valence-electron chi connectivity index (χ0n) is 9.08. The molecule has 1 fully saturated rings. The first kappa shape index (κ1) is 9.97. The Morgan fingerprint density at radius 1 is 1.00 bits per heavy atom. The van der Waals surface area contributed by atoms with Gasteiger partial charge in [-0.3, -0.25) is 0 Å². The van der Waals surface area contributed by atoms with Crippen LogP contribution in [0.5, 0.6) is 0 Å². The van der Waals surface area contributed by atoms with Gasteiger partial charge >= 0.3 is 0 Å². The van der Waals surface area contributed by atoms with E-state index in [0.717, 1.165) is 5.54 Å². The van der Waals surface area contributed by atoms with E-state index in [9.17, 15) is 0 Å². The molecule has 0 aliphatic carbocycles. The fourth-order valence-corrected chi connectivity index (χ4v) is 6.34. The van der Waals surface area contributed by atoms with Crippen LogP contribution in [0.1, 0.15) is 37.3 Å². The minimum Gasteiger partial charge on any atom is -0.0622 e. The topological polar surface area (TPSA) is 0 Å². The molecule has 0 amide bonds. The second-order valence-corrected chi connectivity index (χ2v) is 8.27. The first-order chi connectivity index (χ1) is 6.88. The molecule has 1 aliphatic heterocycles. The van der Waals surface area contributed by atoms with Crippen LogP contribution >= 0.6 is 0 Å². The van der Waals surface area contributed by atoms with Gasteiger partial charge in [0, 0.05) is 8.80 Å². The average molecular weight is 204 g/mol. The largest absolute Gasteiger partial charge is 0.0622 e. The summed E-state index contributed by atoms with van der Waals surface area (Å²) >= 11 is 0. The molecule has 0 spiro atoms. The highest BCUT2D eigenvalue weighted by Gasteiger charge is 2.22. The van der Waals surface area contributed by atoms with Crippen LogP contribution in [0.25, 0.3) is 0 Å². The Balaban J connectivity index is 2.03. The normalized spacial score (nSPS) is 20.6. The lowest BCUT2D eigenvalue weighted by atomic mass is 10.2. The van der Waals surface area contributed by atoms with Gasteiger partial charge in [0.05, 0.1) is 0 Å². The van der Waals surface area contributed by atoms with E-state index in [1.165, 1.54) is 19.3 Å². The van der Waals surface area contributed by atoms with Gasteiger partial charge in [0.25, 0.3) is 0 Å². The molecule has 1 atom stereocenters. The van der Waals surface area contributed by atoms with Gasteiger partial charge in [0.2, 0.25) is 0 Å². The van der Waals surface area contributed by atoms with Crippen molar-refractivity contribution in [2.24, 2.45) is 0 Å².